The van der Waals surface area contributed by atoms with Gasteiger partial charge in [0.05, 0.1) is 23.4 Å². The fraction of sp³-hybridized carbons (Fsp3) is 0.200. The Morgan fingerprint density at radius 1 is 1.14 bits per heavy atom. The molecule has 1 N–H and O–H groups in total. The molecule has 0 fully saturated rings. The number of carboxylic acids is 1. The monoisotopic (exact) mass is 398 g/mol. The van der Waals surface area contributed by atoms with Crippen LogP contribution in [-0.2, 0) is 22.7 Å². The normalized spacial score (nSPS) is 12.9. The Morgan fingerprint density at radius 3 is 2.46 bits per heavy atom. The summed E-state index contributed by atoms with van der Waals surface area (Å²) >= 11 is 0. The fourth-order valence-electron chi connectivity index (χ4n) is 3.55. The minimum Gasteiger partial charge on any atom is -0.497 e. The smallest absolute Gasteiger partial charge is 0.356 e. The summed E-state index contributed by atoms with van der Waals surface area (Å²) in [5.74, 6) is -0.344. The van der Waals surface area contributed by atoms with Crippen molar-refractivity contribution in [2.75, 3.05) is 13.4 Å². The predicted molar refractivity (Wildman–Crippen MR) is 103 cm³/mol. The number of carbonyl (C=O) groups is 1. The fourth-order valence-corrected chi connectivity index (χ4v) is 4.18. The SMILES string of the molecule is COc1ccc2c(c1)CCc1c(C(=O)O)nn(-c3ccc(S(C)(=O)=O)cc3)c1-2. The Labute approximate surface area is 162 Å². The molecule has 0 unspecified atom stereocenters. The number of rotatable bonds is 4. The Hall–Kier alpha value is -3.13. The first-order valence-corrected chi connectivity index (χ1v) is 10.5. The number of ether oxygens (including phenoxy) is 1. The number of aryl methyl sites for hydroxylation is 1. The van der Waals surface area contributed by atoms with Gasteiger partial charge < -0.3 is 9.84 Å². The summed E-state index contributed by atoms with van der Waals surface area (Å²) in [6.45, 7) is 0. The molecule has 0 radical (unpaired) electrons. The molecule has 0 bridgehead atoms. The average molecular weight is 398 g/mol. The summed E-state index contributed by atoms with van der Waals surface area (Å²) in [6, 6.07) is 11.9. The molecular formula is C20H18N2O5S. The van der Waals surface area contributed by atoms with E-state index in [2.05, 4.69) is 5.10 Å². The molecule has 1 heterocycles. The molecule has 28 heavy (non-hydrogen) atoms. The molecule has 3 aromatic rings. The average Bonchev–Trinajstić information content (AvgIpc) is 3.07. The molecule has 0 saturated heterocycles. The molecule has 0 spiro atoms. The highest BCUT2D eigenvalue weighted by atomic mass is 32.2. The van der Waals surface area contributed by atoms with E-state index in [-0.39, 0.29) is 10.6 Å². The lowest BCUT2D eigenvalue weighted by Gasteiger charge is -2.19. The van der Waals surface area contributed by atoms with E-state index in [9.17, 15) is 18.3 Å². The van der Waals surface area contributed by atoms with Gasteiger partial charge in [0.25, 0.3) is 0 Å². The summed E-state index contributed by atoms with van der Waals surface area (Å²) in [7, 11) is -1.72. The second-order valence-corrected chi connectivity index (χ2v) is 8.70. The van der Waals surface area contributed by atoms with Gasteiger partial charge in [0, 0.05) is 17.4 Å². The number of sulfone groups is 1. The van der Waals surface area contributed by atoms with Gasteiger partial charge in [-0.25, -0.2) is 17.9 Å². The lowest BCUT2D eigenvalue weighted by Crippen LogP contribution is -2.08. The van der Waals surface area contributed by atoms with E-state index in [0.717, 1.165) is 23.1 Å². The van der Waals surface area contributed by atoms with Crippen LogP contribution in [0, 0.1) is 0 Å². The molecule has 0 atom stereocenters. The summed E-state index contributed by atoms with van der Waals surface area (Å²) in [6.07, 6.45) is 2.39. The Bertz CT molecular complexity index is 1190. The van der Waals surface area contributed by atoms with Crippen molar-refractivity contribution in [3.8, 4) is 22.7 Å². The van der Waals surface area contributed by atoms with Crippen molar-refractivity contribution in [1.82, 2.24) is 9.78 Å². The Morgan fingerprint density at radius 2 is 1.86 bits per heavy atom. The molecule has 1 aromatic heterocycles. The van der Waals surface area contributed by atoms with Crippen LogP contribution in [0.1, 0.15) is 21.6 Å². The number of hydrogen-bond donors (Lipinski definition) is 1. The van der Waals surface area contributed by atoms with Crippen LogP contribution in [0.15, 0.2) is 47.4 Å². The molecule has 0 saturated carbocycles. The topological polar surface area (TPSA) is 98.5 Å². The highest BCUT2D eigenvalue weighted by molar-refractivity contribution is 7.90. The molecule has 1 aliphatic rings. The molecule has 8 heteroatoms. The van der Waals surface area contributed by atoms with Gasteiger partial charge in [-0.15, -0.1) is 0 Å². The van der Waals surface area contributed by atoms with Gasteiger partial charge in [-0.2, -0.15) is 5.10 Å². The first-order valence-electron chi connectivity index (χ1n) is 8.62. The van der Waals surface area contributed by atoms with Crippen molar-refractivity contribution in [3.63, 3.8) is 0 Å². The zero-order valence-corrected chi connectivity index (χ0v) is 16.2. The summed E-state index contributed by atoms with van der Waals surface area (Å²) in [5.41, 5.74) is 3.96. The van der Waals surface area contributed by atoms with Crippen molar-refractivity contribution in [2.24, 2.45) is 0 Å². The zero-order chi connectivity index (χ0) is 20.1. The van der Waals surface area contributed by atoms with E-state index in [4.69, 9.17) is 4.74 Å². The van der Waals surface area contributed by atoms with Crippen molar-refractivity contribution in [3.05, 3.63) is 59.3 Å². The van der Waals surface area contributed by atoms with Crippen molar-refractivity contribution in [1.29, 1.82) is 0 Å². The highest BCUT2D eigenvalue weighted by Gasteiger charge is 2.29. The van der Waals surface area contributed by atoms with Crippen LogP contribution in [0.3, 0.4) is 0 Å². The van der Waals surface area contributed by atoms with Crippen LogP contribution in [0.5, 0.6) is 5.75 Å². The van der Waals surface area contributed by atoms with Gasteiger partial charge in [-0.3, -0.25) is 0 Å². The second-order valence-electron chi connectivity index (χ2n) is 6.68. The molecule has 144 valence electrons. The van der Waals surface area contributed by atoms with Crippen LogP contribution in [-0.4, -0.2) is 42.6 Å². The van der Waals surface area contributed by atoms with Crippen molar-refractivity contribution in [2.45, 2.75) is 17.7 Å². The number of benzene rings is 2. The summed E-state index contributed by atoms with van der Waals surface area (Å²) in [4.78, 5) is 11.9. The number of fused-ring (bicyclic) bond motifs is 3. The van der Waals surface area contributed by atoms with E-state index in [1.807, 2.05) is 18.2 Å². The van der Waals surface area contributed by atoms with Gasteiger partial charge in [-0.05, 0) is 60.9 Å². The van der Waals surface area contributed by atoms with E-state index in [1.165, 1.54) is 12.1 Å². The van der Waals surface area contributed by atoms with E-state index >= 15 is 0 Å². The number of hydrogen-bond acceptors (Lipinski definition) is 5. The van der Waals surface area contributed by atoms with E-state index < -0.39 is 15.8 Å². The van der Waals surface area contributed by atoms with Gasteiger partial charge in [0.1, 0.15) is 5.75 Å². The summed E-state index contributed by atoms with van der Waals surface area (Å²) < 4.78 is 30.3. The van der Waals surface area contributed by atoms with Gasteiger partial charge in [0.2, 0.25) is 0 Å². The molecule has 4 rings (SSSR count). The minimum atomic E-state index is -3.32. The summed E-state index contributed by atoms with van der Waals surface area (Å²) in [5, 5.41) is 13.9. The lowest BCUT2D eigenvalue weighted by molar-refractivity contribution is 0.0688. The Kier molecular flexibility index (Phi) is 4.23. The van der Waals surface area contributed by atoms with Crippen LogP contribution < -0.4 is 4.74 Å². The highest BCUT2D eigenvalue weighted by Crippen LogP contribution is 2.38. The minimum absolute atomic E-state index is 0.0173. The second kappa shape index (κ2) is 6.49. The third-order valence-electron chi connectivity index (χ3n) is 4.91. The number of aromatic carboxylic acids is 1. The van der Waals surface area contributed by atoms with Crippen LogP contribution in [0.4, 0.5) is 0 Å². The third kappa shape index (κ3) is 2.95. The molecule has 7 nitrogen and oxygen atoms in total. The maximum Gasteiger partial charge on any atom is 0.356 e. The Balaban J connectivity index is 1.93. The van der Waals surface area contributed by atoms with Crippen molar-refractivity contribution < 1.29 is 23.1 Å². The number of nitrogens with zero attached hydrogens (tertiary/aromatic N) is 2. The van der Waals surface area contributed by atoms with Crippen LogP contribution in [0.2, 0.25) is 0 Å². The molecule has 0 amide bonds. The first-order chi connectivity index (χ1) is 13.3. The lowest BCUT2D eigenvalue weighted by atomic mass is 9.88. The van der Waals surface area contributed by atoms with Gasteiger partial charge in [0.15, 0.2) is 15.5 Å². The number of methoxy groups -OCH3 is 1. The largest absolute Gasteiger partial charge is 0.497 e. The molecule has 0 aliphatic heterocycles. The van der Waals surface area contributed by atoms with Gasteiger partial charge >= 0.3 is 5.97 Å². The van der Waals surface area contributed by atoms with Crippen LogP contribution in [0.25, 0.3) is 16.9 Å². The number of carboxylic acid groups (broad SMARTS) is 1. The molecule has 1 aliphatic carbocycles. The van der Waals surface area contributed by atoms with Crippen molar-refractivity contribution >= 4 is 15.8 Å². The predicted octanol–water partition coefficient (Wildman–Crippen LogP) is 2.75. The third-order valence-corrected chi connectivity index (χ3v) is 6.04. The maximum absolute atomic E-state index is 11.7. The van der Waals surface area contributed by atoms with E-state index in [1.54, 1.807) is 23.9 Å². The van der Waals surface area contributed by atoms with E-state index in [0.29, 0.717) is 29.8 Å². The quantitative estimate of drug-likeness (QED) is 0.726. The first kappa shape index (κ1) is 18.2. The maximum atomic E-state index is 11.7. The zero-order valence-electron chi connectivity index (χ0n) is 15.3. The standard InChI is InChI=1S/C20H18N2O5S/c1-27-14-6-10-16-12(11-14)3-9-17-18(20(23)24)21-22(19(16)17)13-4-7-15(8-5-13)28(2,25)26/h4-8,10-11H,3,9H2,1-2H3,(H,23,24). The number of aromatic nitrogens is 2. The molecular weight excluding hydrogens is 380 g/mol. The van der Waals surface area contributed by atoms with Gasteiger partial charge in [-0.1, -0.05) is 0 Å². The molecule has 2 aromatic carbocycles. The van der Waals surface area contributed by atoms with Crippen LogP contribution >= 0.6 is 0 Å².